The number of nitrogens with one attached hydrogen (secondary N) is 1. The average molecular weight is 538 g/mol. The highest BCUT2D eigenvalue weighted by molar-refractivity contribution is 6.01. The van der Waals surface area contributed by atoms with E-state index in [0.717, 1.165) is 44.8 Å². The van der Waals surface area contributed by atoms with E-state index in [1.54, 1.807) is 39.7 Å². The summed E-state index contributed by atoms with van der Waals surface area (Å²) in [6, 6.07) is 21.1. The van der Waals surface area contributed by atoms with Crippen LogP contribution >= 0.6 is 0 Å². The number of rotatable bonds is 10. The molecule has 3 aromatic heterocycles. The van der Waals surface area contributed by atoms with E-state index >= 15 is 0 Å². The lowest BCUT2D eigenvalue weighted by Gasteiger charge is -2.23. The van der Waals surface area contributed by atoms with Crippen molar-refractivity contribution in [2.24, 2.45) is 7.05 Å². The van der Waals surface area contributed by atoms with Crippen LogP contribution in [0.4, 0.5) is 17.2 Å². The Balaban J connectivity index is 1.34. The first-order valence-corrected chi connectivity index (χ1v) is 12.8. The molecule has 1 N–H and O–H groups in total. The molecule has 0 radical (unpaired) electrons. The molecule has 3 heterocycles. The van der Waals surface area contributed by atoms with Gasteiger partial charge in [0.05, 0.1) is 19.9 Å². The molecule has 0 atom stereocenters. The summed E-state index contributed by atoms with van der Waals surface area (Å²) in [4.78, 5) is 22.9. The van der Waals surface area contributed by atoms with Crippen LogP contribution in [0.15, 0.2) is 90.1 Å². The molecule has 0 saturated heterocycles. The largest absolute Gasteiger partial charge is 0.497 e. The first kappa shape index (κ1) is 26.6. The van der Waals surface area contributed by atoms with Crippen molar-refractivity contribution in [1.29, 1.82) is 0 Å². The van der Waals surface area contributed by atoms with Gasteiger partial charge in [-0.1, -0.05) is 12.1 Å². The number of methoxy groups -OCH3 is 2. The Labute approximate surface area is 232 Å². The quantitative estimate of drug-likeness (QED) is 0.257. The monoisotopic (exact) mass is 537 g/mol. The van der Waals surface area contributed by atoms with Crippen molar-refractivity contribution >= 4 is 28.0 Å². The molecule has 204 valence electrons. The maximum atomic E-state index is 11.9. The summed E-state index contributed by atoms with van der Waals surface area (Å²) in [5, 5.41) is 5.59. The molecule has 0 bridgehead atoms. The fourth-order valence-corrected chi connectivity index (χ4v) is 4.46. The molecule has 9 heteroatoms. The van der Waals surface area contributed by atoms with Gasteiger partial charge >= 0.3 is 0 Å². The molecule has 0 aliphatic carbocycles. The predicted octanol–water partition coefficient (Wildman–Crippen LogP) is 5.30. The van der Waals surface area contributed by atoms with Gasteiger partial charge in [-0.2, -0.15) is 0 Å². The first-order chi connectivity index (χ1) is 19.5. The second kappa shape index (κ2) is 11.8. The maximum Gasteiger partial charge on any atom is 0.250 e. The van der Waals surface area contributed by atoms with E-state index in [1.165, 1.54) is 4.57 Å². The molecule has 0 aliphatic rings. The third-order valence-corrected chi connectivity index (χ3v) is 6.69. The second-order valence-corrected chi connectivity index (χ2v) is 9.26. The highest BCUT2D eigenvalue weighted by atomic mass is 16.5. The normalized spacial score (nSPS) is 10.8. The number of aryl methyl sites for hydroxylation is 1. The lowest BCUT2D eigenvalue weighted by molar-refractivity contribution is 0.293. The summed E-state index contributed by atoms with van der Waals surface area (Å²) in [5.41, 5.74) is 3.60. The van der Waals surface area contributed by atoms with Crippen LogP contribution in [0.25, 0.3) is 10.8 Å². The van der Waals surface area contributed by atoms with Crippen molar-refractivity contribution in [3.8, 4) is 17.4 Å². The summed E-state index contributed by atoms with van der Waals surface area (Å²) in [6.45, 7) is 0.842. The van der Waals surface area contributed by atoms with Crippen LogP contribution in [0.5, 0.6) is 17.4 Å². The molecule has 2 aromatic carbocycles. The van der Waals surface area contributed by atoms with Crippen LogP contribution in [0.2, 0.25) is 0 Å². The lowest BCUT2D eigenvalue weighted by atomic mass is 10.1. The standard InChI is InChI=1S/C31H31N5O4/c1-35-15-12-22(17-30(35)37)20-40-29-16-21(10-13-32-29)19-34-26-7-5-6-25-24(26)11-14-33-31(25)36(2)27-9-8-23(38-3)18-28(27)39-4/h5-18,34H,19-20H2,1-4H3. The van der Waals surface area contributed by atoms with Crippen LogP contribution < -0.4 is 30.0 Å². The topological polar surface area (TPSA) is 90.7 Å². The molecule has 5 aromatic rings. The number of pyridine rings is 3. The number of fused-ring (bicyclic) bond motifs is 1. The highest BCUT2D eigenvalue weighted by Crippen LogP contribution is 2.38. The van der Waals surface area contributed by atoms with Crippen molar-refractivity contribution in [2.75, 3.05) is 31.5 Å². The minimum Gasteiger partial charge on any atom is -0.497 e. The number of ether oxygens (including phenoxy) is 3. The Bertz CT molecular complexity index is 1700. The van der Waals surface area contributed by atoms with Crippen LogP contribution in [0.3, 0.4) is 0 Å². The van der Waals surface area contributed by atoms with Crippen molar-refractivity contribution in [1.82, 2.24) is 14.5 Å². The van der Waals surface area contributed by atoms with Gasteiger partial charge in [-0.05, 0) is 47.5 Å². The van der Waals surface area contributed by atoms with Gasteiger partial charge in [0.25, 0.3) is 5.56 Å². The van der Waals surface area contributed by atoms with Gasteiger partial charge in [0.2, 0.25) is 5.88 Å². The minimum absolute atomic E-state index is 0.0743. The van der Waals surface area contributed by atoms with E-state index in [9.17, 15) is 4.79 Å². The smallest absolute Gasteiger partial charge is 0.250 e. The number of hydrogen-bond acceptors (Lipinski definition) is 8. The van der Waals surface area contributed by atoms with Crippen LogP contribution in [0, 0.1) is 0 Å². The first-order valence-electron chi connectivity index (χ1n) is 12.8. The maximum absolute atomic E-state index is 11.9. The van der Waals surface area contributed by atoms with Crippen molar-refractivity contribution in [3.63, 3.8) is 0 Å². The Morgan fingerprint density at radius 1 is 0.900 bits per heavy atom. The van der Waals surface area contributed by atoms with Gasteiger partial charge in [0.1, 0.15) is 23.9 Å². The summed E-state index contributed by atoms with van der Waals surface area (Å²) < 4.78 is 18.3. The summed E-state index contributed by atoms with van der Waals surface area (Å²) >= 11 is 0. The van der Waals surface area contributed by atoms with E-state index in [-0.39, 0.29) is 12.2 Å². The van der Waals surface area contributed by atoms with E-state index in [4.69, 9.17) is 19.2 Å². The predicted molar refractivity (Wildman–Crippen MR) is 157 cm³/mol. The summed E-state index contributed by atoms with van der Waals surface area (Å²) in [5.74, 6) is 2.72. The molecule has 0 unspecified atom stereocenters. The Morgan fingerprint density at radius 3 is 2.55 bits per heavy atom. The zero-order chi connectivity index (χ0) is 28.1. The van der Waals surface area contributed by atoms with Gasteiger partial charge in [-0.25, -0.2) is 9.97 Å². The Morgan fingerprint density at radius 2 is 1.75 bits per heavy atom. The van der Waals surface area contributed by atoms with Gasteiger partial charge in [0, 0.05) is 73.9 Å². The Kier molecular flexibility index (Phi) is 7.82. The minimum atomic E-state index is -0.0743. The van der Waals surface area contributed by atoms with Crippen LogP contribution in [-0.4, -0.2) is 35.8 Å². The van der Waals surface area contributed by atoms with Gasteiger partial charge in [-0.3, -0.25) is 4.79 Å². The summed E-state index contributed by atoms with van der Waals surface area (Å²) in [7, 11) is 6.96. The number of benzene rings is 2. The molecule has 0 saturated carbocycles. The zero-order valence-corrected chi connectivity index (χ0v) is 22.9. The number of aromatic nitrogens is 3. The molecular formula is C31H31N5O4. The highest BCUT2D eigenvalue weighted by Gasteiger charge is 2.16. The molecule has 0 spiro atoms. The van der Waals surface area contributed by atoms with E-state index in [2.05, 4.69) is 22.4 Å². The summed E-state index contributed by atoms with van der Waals surface area (Å²) in [6.07, 6.45) is 5.26. The molecular weight excluding hydrogens is 506 g/mol. The lowest BCUT2D eigenvalue weighted by Crippen LogP contribution is -2.15. The average Bonchev–Trinajstić information content (AvgIpc) is 2.99. The molecule has 40 heavy (non-hydrogen) atoms. The molecule has 9 nitrogen and oxygen atoms in total. The SMILES string of the molecule is COc1ccc(N(C)c2nccc3c(NCc4ccnc(OCc5ccn(C)c(=O)c5)c4)cccc23)c(OC)c1. The van der Waals surface area contributed by atoms with Crippen molar-refractivity contribution in [2.45, 2.75) is 13.2 Å². The molecule has 0 fully saturated rings. The molecule has 0 amide bonds. The Hall–Kier alpha value is -5.05. The van der Waals surface area contributed by atoms with Crippen LogP contribution in [-0.2, 0) is 20.2 Å². The fraction of sp³-hybridized carbons (Fsp3) is 0.194. The van der Waals surface area contributed by atoms with Crippen LogP contribution in [0.1, 0.15) is 11.1 Å². The third-order valence-electron chi connectivity index (χ3n) is 6.69. The van der Waals surface area contributed by atoms with E-state index in [0.29, 0.717) is 18.2 Å². The van der Waals surface area contributed by atoms with E-state index < -0.39 is 0 Å². The third kappa shape index (κ3) is 5.68. The van der Waals surface area contributed by atoms with Gasteiger partial charge < -0.3 is 29.0 Å². The molecule has 0 aliphatic heterocycles. The van der Waals surface area contributed by atoms with Crippen molar-refractivity contribution in [3.05, 3.63) is 107 Å². The van der Waals surface area contributed by atoms with Gasteiger partial charge in [0.15, 0.2) is 0 Å². The van der Waals surface area contributed by atoms with Gasteiger partial charge in [-0.15, -0.1) is 0 Å². The number of nitrogens with zero attached hydrogens (tertiary/aromatic N) is 4. The number of anilines is 3. The fourth-order valence-electron chi connectivity index (χ4n) is 4.46. The second-order valence-electron chi connectivity index (χ2n) is 9.26. The number of hydrogen-bond donors (Lipinski definition) is 1. The van der Waals surface area contributed by atoms with Crippen molar-refractivity contribution < 1.29 is 14.2 Å². The molecule has 5 rings (SSSR count). The zero-order valence-electron chi connectivity index (χ0n) is 22.9. The van der Waals surface area contributed by atoms with E-state index in [1.807, 2.05) is 66.7 Å².